The lowest BCUT2D eigenvalue weighted by atomic mass is 9.86. The highest BCUT2D eigenvalue weighted by Gasteiger charge is 2.15. The first-order valence-corrected chi connectivity index (χ1v) is 8.33. The second kappa shape index (κ2) is 6.99. The number of rotatable bonds is 4. The van der Waals surface area contributed by atoms with E-state index in [2.05, 4.69) is 46.0 Å². The largest absolute Gasteiger partial charge is 0.322 e. The van der Waals surface area contributed by atoms with Crippen molar-refractivity contribution in [2.75, 3.05) is 5.32 Å². The standard InChI is InChI=1S/C21H27NO/c1-6-15(2)18-9-7-8-10-19(18)22-20(23)16-11-13-17(14-12-16)21(3,4)5/h7-15H,6H2,1-5H3,(H,22,23)/t15-/m1/s1. The van der Waals surface area contributed by atoms with Gasteiger partial charge < -0.3 is 5.32 Å². The molecule has 0 spiro atoms. The van der Waals surface area contributed by atoms with Crippen LogP contribution in [0, 0.1) is 0 Å². The van der Waals surface area contributed by atoms with Crippen LogP contribution in [0.15, 0.2) is 48.5 Å². The minimum Gasteiger partial charge on any atom is -0.322 e. The molecule has 0 bridgehead atoms. The van der Waals surface area contributed by atoms with Crippen molar-refractivity contribution in [2.24, 2.45) is 0 Å². The third-order valence-electron chi connectivity index (χ3n) is 4.37. The molecule has 2 aromatic carbocycles. The van der Waals surface area contributed by atoms with E-state index in [-0.39, 0.29) is 11.3 Å². The van der Waals surface area contributed by atoms with Gasteiger partial charge in [-0.2, -0.15) is 0 Å². The van der Waals surface area contributed by atoms with E-state index < -0.39 is 0 Å². The molecule has 2 aromatic rings. The van der Waals surface area contributed by atoms with Crippen LogP contribution >= 0.6 is 0 Å². The molecular formula is C21H27NO. The first-order chi connectivity index (χ1) is 10.8. The van der Waals surface area contributed by atoms with Gasteiger partial charge in [0.2, 0.25) is 0 Å². The highest BCUT2D eigenvalue weighted by Crippen LogP contribution is 2.27. The summed E-state index contributed by atoms with van der Waals surface area (Å²) in [5.41, 5.74) is 4.12. The highest BCUT2D eigenvalue weighted by molar-refractivity contribution is 6.04. The molecule has 1 atom stereocenters. The van der Waals surface area contributed by atoms with E-state index >= 15 is 0 Å². The number of hydrogen-bond acceptors (Lipinski definition) is 1. The Labute approximate surface area is 139 Å². The quantitative estimate of drug-likeness (QED) is 0.765. The zero-order valence-electron chi connectivity index (χ0n) is 14.8. The van der Waals surface area contributed by atoms with E-state index in [1.54, 1.807) is 0 Å². The molecule has 0 saturated heterocycles. The molecule has 2 heteroatoms. The van der Waals surface area contributed by atoms with Crippen LogP contribution in [0.25, 0.3) is 0 Å². The molecule has 0 unspecified atom stereocenters. The summed E-state index contributed by atoms with van der Waals surface area (Å²) in [5.74, 6) is 0.371. The van der Waals surface area contributed by atoms with Crippen LogP contribution in [-0.2, 0) is 5.41 Å². The van der Waals surface area contributed by atoms with Crippen molar-refractivity contribution in [2.45, 2.75) is 52.4 Å². The number of hydrogen-bond donors (Lipinski definition) is 1. The fraction of sp³-hybridized carbons (Fsp3) is 0.381. The van der Waals surface area contributed by atoms with E-state index in [0.29, 0.717) is 11.5 Å². The lowest BCUT2D eigenvalue weighted by Gasteiger charge is -2.19. The van der Waals surface area contributed by atoms with E-state index in [1.165, 1.54) is 11.1 Å². The number of anilines is 1. The Bertz CT molecular complexity index is 665. The van der Waals surface area contributed by atoms with Crippen molar-refractivity contribution < 1.29 is 4.79 Å². The Morgan fingerprint density at radius 2 is 1.65 bits per heavy atom. The summed E-state index contributed by atoms with van der Waals surface area (Å²) in [5, 5.41) is 3.06. The van der Waals surface area contributed by atoms with E-state index in [4.69, 9.17) is 0 Å². The molecule has 0 aliphatic heterocycles. The smallest absolute Gasteiger partial charge is 0.255 e. The van der Waals surface area contributed by atoms with Crippen molar-refractivity contribution in [1.29, 1.82) is 0 Å². The molecule has 23 heavy (non-hydrogen) atoms. The van der Waals surface area contributed by atoms with Gasteiger partial charge in [-0.15, -0.1) is 0 Å². The maximum absolute atomic E-state index is 12.5. The van der Waals surface area contributed by atoms with Crippen molar-refractivity contribution in [3.8, 4) is 0 Å². The number of carbonyl (C=O) groups is 1. The van der Waals surface area contributed by atoms with Gasteiger partial charge in [0.15, 0.2) is 0 Å². The maximum atomic E-state index is 12.5. The van der Waals surface area contributed by atoms with Gasteiger partial charge in [0.1, 0.15) is 0 Å². The summed E-state index contributed by atoms with van der Waals surface area (Å²) in [4.78, 5) is 12.5. The number of amides is 1. The van der Waals surface area contributed by atoms with Crippen molar-refractivity contribution in [3.05, 3.63) is 65.2 Å². The minimum atomic E-state index is -0.0544. The highest BCUT2D eigenvalue weighted by atomic mass is 16.1. The summed E-state index contributed by atoms with van der Waals surface area (Å²) >= 11 is 0. The summed E-state index contributed by atoms with van der Waals surface area (Å²) in [6.07, 6.45) is 1.05. The molecule has 0 radical (unpaired) electrons. The average Bonchev–Trinajstić information content (AvgIpc) is 2.54. The van der Waals surface area contributed by atoms with Gasteiger partial charge in [0.25, 0.3) is 5.91 Å². The summed E-state index contributed by atoms with van der Waals surface area (Å²) in [7, 11) is 0. The van der Waals surface area contributed by atoms with Crippen LogP contribution in [0.5, 0.6) is 0 Å². The van der Waals surface area contributed by atoms with Crippen molar-refractivity contribution in [3.63, 3.8) is 0 Å². The summed E-state index contributed by atoms with van der Waals surface area (Å²) < 4.78 is 0. The van der Waals surface area contributed by atoms with Gasteiger partial charge in [-0.05, 0) is 47.1 Å². The Kier molecular flexibility index (Phi) is 5.25. The lowest BCUT2D eigenvalue weighted by Crippen LogP contribution is -2.15. The topological polar surface area (TPSA) is 29.1 Å². The molecule has 2 rings (SSSR count). The van der Waals surface area contributed by atoms with Crippen LogP contribution in [0.2, 0.25) is 0 Å². The molecule has 0 heterocycles. The van der Waals surface area contributed by atoms with Gasteiger partial charge in [-0.1, -0.05) is 65.0 Å². The lowest BCUT2D eigenvalue weighted by molar-refractivity contribution is 0.102. The molecule has 0 aliphatic carbocycles. The molecule has 1 amide bonds. The van der Waals surface area contributed by atoms with E-state index in [0.717, 1.165) is 12.1 Å². The van der Waals surface area contributed by atoms with Gasteiger partial charge in [0.05, 0.1) is 0 Å². The SMILES string of the molecule is CC[C@@H](C)c1ccccc1NC(=O)c1ccc(C(C)(C)C)cc1. The molecule has 1 N–H and O–H groups in total. The van der Waals surface area contributed by atoms with Crippen LogP contribution in [0.1, 0.15) is 68.4 Å². The molecule has 0 fully saturated rings. The van der Waals surface area contributed by atoms with Gasteiger partial charge in [-0.3, -0.25) is 4.79 Å². The van der Waals surface area contributed by atoms with Crippen LogP contribution < -0.4 is 5.32 Å². The molecule has 122 valence electrons. The Morgan fingerprint density at radius 3 is 2.22 bits per heavy atom. The van der Waals surface area contributed by atoms with Crippen LogP contribution in [0.4, 0.5) is 5.69 Å². The van der Waals surface area contributed by atoms with Crippen molar-refractivity contribution in [1.82, 2.24) is 0 Å². The van der Waals surface area contributed by atoms with E-state index in [9.17, 15) is 4.79 Å². The second-order valence-electron chi connectivity index (χ2n) is 7.18. The predicted octanol–water partition coefficient (Wildman–Crippen LogP) is 5.75. The second-order valence-corrected chi connectivity index (χ2v) is 7.18. The maximum Gasteiger partial charge on any atom is 0.255 e. The van der Waals surface area contributed by atoms with Crippen LogP contribution in [0.3, 0.4) is 0 Å². The first kappa shape index (κ1) is 17.3. The third kappa shape index (κ3) is 4.22. The zero-order valence-corrected chi connectivity index (χ0v) is 14.8. The molecule has 2 nitrogen and oxygen atoms in total. The fourth-order valence-corrected chi connectivity index (χ4v) is 2.58. The van der Waals surface area contributed by atoms with Gasteiger partial charge in [0, 0.05) is 11.3 Å². The summed E-state index contributed by atoms with van der Waals surface area (Å²) in [6.45, 7) is 10.9. The monoisotopic (exact) mass is 309 g/mol. The van der Waals surface area contributed by atoms with Gasteiger partial charge in [-0.25, -0.2) is 0 Å². The number of para-hydroxylation sites is 1. The minimum absolute atomic E-state index is 0.0544. The Morgan fingerprint density at radius 1 is 1.04 bits per heavy atom. The summed E-state index contributed by atoms with van der Waals surface area (Å²) in [6, 6.07) is 15.9. The number of benzene rings is 2. The average molecular weight is 309 g/mol. The third-order valence-corrected chi connectivity index (χ3v) is 4.37. The number of nitrogens with one attached hydrogen (secondary N) is 1. The zero-order chi connectivity index (χ0) is 17.0. The van der Waals surface area contributed by atoms with Gasteiger partial charge >= 0.3 is 0 Å². The molecular weight excluding hydrogens is 282 g/mol. The predicted molar refractivity (Wildman–Crippen MR) is 98.2 cm³/mol. The normalized spacial score (nSPS) is 12.7. The van der Waals surface area contributed by atoms with E-state index in [1.807, 2.05) is 42.5 Å². The molecule has 0 aliphatic rings. The molecule has 0 saturated carbocycles. The number of carbonyl (C=O) groups excluding carboxylic acids is 1. The molecule has 0 aromatic heterocycles. The van der Waals surface area contributed by atoms with Crippen molar-refractivity contribution >= 4 is 11.6 Å². The first-order valence-electron chi connectivity index (χ1n) is 8.33. The Hall–Kier alpha value is -2.09. The fourth-order valence-electron chi connectivity index (χ4n) is 2.58. The van der Waals surface area contributed by atoms with Crippen LogP contribution in [-0.4, -0.2) is 5.91 Å². The Balaban J connectivity index is 2.20.